The maximum absolute atomic E-state index is 10.5. The maximum atomic E-state index is 10.5. The fourth-order valence-electron chi connectivity index (χ4n) is 6.54. The number of phenols is 2. The quantitative estimate of drug-likeness (QED) is 0.0759. The lowest BCUT2D eigenvalue weighted by atomic mass is 9.88. The zero-order chi connectivity index (χ0) is 35.8. The van der Waals surface area contributed by atoms with Gasteiger partial charge in [0, 0.05) is 23.3 Å². The van der Waals surface area contributed by atoms with Crippen LogP contribution >= 0.6 is 0 Å². The van der Waals surface area contributed by atoms with Crippen molar-refractivity contribution in [3.8, 4) is 80.2 Å². The van der Waals surface area contributed by atoms with Gasteiger partial charge in [0.1, 0.15) is 28.7 Å². The second-order valence-electron chi connectivity index (χ2n) is 12.5. The molecule has 0 atom stereocenters. The largest absolute Gasteiger partial charge is 0.506 e. The molecule has 0 radical (unpaired) electrons. The van der Waals surface area contributed by atoms with Crippen molar-refractivity contribution in [2.75, 3.05) is 11.5 Å². The number of aromatic hydroxyl groups is 2. The number of terminal acetylenes is 1. The van der Waals surface area contributed by atoms with Gasteiger partial charge < -0.3 is 31.2 Å². The van der Waals surface area contributed by atoms with E-state index in [1.807, 2.05) is 54.6 Å². The van der Waals surface area contributed by atoms with Gasteiger partial charge in [-0.15, -0.1) is 6.42 Å². The SMILES string of the molecule is C#Cc1cc2cc(-c3ccccc3)ccc2c(-c2c(Oc3ccc(N)c(O)c3)ccc3cc(-c4ccccc4)ccc23)c1Oc1ccc(N)c(O)c1. The molecule has 0 amide bonds. The third kappa shape index (κ3) is 5.93. The summed E-state index contributed by atoms with van der Waals surface area (Å²) in [6.45, 7) is 0. The number of phenolic OH excluding ortho intramolecular Hbond substituents is 2. The van der Waals surface area contributed by atoms with E-state index in [0.717, 1.165) is 49.4 Å². The molecule has 0 unspecified atom stereocenters. The first-order valence-electron chi connectivity index (χ1n) is 16.6. The predicted molar refractivity (Wildman–Crippen MR) is 211 cm³/mol. The van der Waals surface area contributed by atoms with Gasteiger partial charge in [-0.3, -0.25) is 0 Å². The van der Waals surface area contributed by atoms with Crippen LogP contribution in [0.5, 0.6) is 34.5 Å². The standard InChI is InChI=1S/C46H32N2O4/c1-2-28-23-34-25-32(30-11-7-4-8-12-30)14-19-38(34)45(46(28)52-36-17-21-40(48)42(50)27-36)44-37-18-13-31(29-9-5-3-6-10-29)24-33(37)15-22-43(44)51-35-16-20-39(47)41(49)26-35/h1,3-27,49-50H,47-48H2. The Labute approximate surface area is 300 Å². The summed E-state index contributed by atoms with van der Waals surface area (Å²) in [7, 11) is 0. The van der Waals surface area contributed by atoms with Crippen molar-refractivity contribution in [1.82, 2.24) is 0 Å². The minimum Gasteiger partial charge on any atom is -0.506 e. The maximum Gasteiger partial charge on any atom is 0.151 e. The Bertz CT molecular complexity index is 2680. The van der Waals surface area contributed by atoms with E-state index in [9.17, 15) is 10.2 Å². The first-order valence-corrected chi connectivity index (χ1v) is 16.6. The number of benzene rings is 8. The second-order valence-corrected chi connectivity index (χ2v) is 12.5. The molecule has 0 spiro atoms. The molecule has 0 aromatic heterocycles. The van der Waals surface area contributed by atoms with Crippen molar-refractivity contribution >= 4 is 32.9 Å². The number of fused-ring (bicyclic) bond motifs is 2. The third-order valence-corrected chi connectivity index (χ3v) is 9.15. The highest BCUT2D eigenvalue weighted by atomic mass is 16.5. The molecule has 0 bridgehead atoms. The Morgan fingerprint density at radius 1 is 0.481 bits per heavy atom. The molecule has 6 heteroatoms. The van der Waals surface area contributed by atoms with Gasteiger partial charge in [-0.2, -0.15) is 0 Å². The van der Waals surface area contributed by atoms with Crippen molar-refractivity contribution in [1.29, 1.82) is 0 Å². The van der Waals surface area contributed by atoms with Crippen molar-refractivity contribution in [2.45, 2.75) is 0 Å². The summed E-state index contributed by atoms with van der Waals surface area (Å²) < 4.78 is 13.3. The minimum atomic E-state index is -0.111. The summed E-state index contributed by atoms with van der Waals surface area (Å²) in [5, 5.41) is 24.6. The molecule has 6 nitrogen and oxygen atoms in total. The molecule has 0 fully saturated rings. The molecule has 8 rings (SSSR count). The summed E-state index contributed by atoms with van der Waals surface area (Å²) in [5.41, 5.74) is 18.5. The molecule has 0 saturated heterocycles. The normalized spacial score (nSPS) is 11.0. The average molecular weight is 677 g/mol. The van der Waals surface area contributed by atoms with Crippen LogP contribution in [0.1, 0.15) is 5.56 Å². The lowest BCUT2D eigenvalue weighted by molar-refractivity contribution is 0.454. The molecule has 8 aromatic rings. The van der Waals surface area contributed by atoms with Gasteiger partial charge in [-0.25, -0.2) is 0 Å². The number of rotatable bonds is 7. The molecule has 0 heterocycles. The van der Waals surface area contributed by atoms with Crippen LogP contribution in [-0.2, 0) is 0 Å². The van der Waals surface area contributed by atoms with Gasteiger partial charge in [0.05, 0.1) is 16.9 Å². The van der Waals surface area contributed by atoms with Gasteiger partial charge in [0.2, 0.25) is 0 Å². The highest BCUT2D eigenvalue weighted by Gasteiger charge is 2.24. The summed E-state index contributed by atoms with van der Waals surface area (Å²) in [5.74, 6) is 4.30. The number of anilines is 2. The van der Waals surface area contributed by atoms with Gasteiger partial charge in [-0.1, -0.05) is 96.9 Å². The molecule has 8 aromatic carbocycles. The summed E-state index contributed by atoms with van der Waals surface area (Å²) in [6.07, 6.45) is 6.26. The van der Waals surface area contributed by atoms with E-state index >= 15 is 0 Å². The second kappa shape index (κ2) is 13.2. The van der Waals surface area contributed by atoms with E-state index < -0.39 is 0 Å². The van der Waals surface area contributed by atoms with Gasteiger partial charge in [0.25, 0.3) is 0 Å². The zero-order valence-electron chi connectivity index (χ0n) is 27.9. The number of nitrogens with two attached hydrogens (primary N) is 2. The molecule has 0 saturated carbocycles. The van der Waals surface area contributed by atoms with Crippen LogP contribution in [0.15, 0.2) is 152 Å². The molecular formula is C46H32N2O4. The van der Waals surface area contributed by atoms with Gasteiger partial charge in [0.15, 0.2) is 5.75 Å². The first kappa shape index (κ1) is 31.9. The predicted octanol–water partition coefficient (Wildman–Crippen LogP) is 11.1. The fourth-order valence-corrected chi connectivity index (χ4v) is 6.54. The van der Waals surface area contributed by atoms with Crippen LogP contribution in [0.4, 0.5) is 11.4 Å². The number of nitrogen functional groups attached to an aromatic ring is 2. The highest BCUT2D eigenvalue weighted by molar-refractivity contribution is 6.12. The van der Waals surface area contributed by atoms with Crippen LogP contribution in [0.3, 0.4) is 0 Å². The Balaban J connectivity index is 1.45. The Kier molecular flexibility index (Phi) is 8.07. The fraction of sp³-hybridized carbons (Fsp3) is 0. The van der Waals surface area contributed by atoms with E-state index in [0.29, 0.717) is 34.1 Å². The summed E-state index contributed by atoms with van der Waals surface area (Å²) >= 11 is 0. The average Bonchev–Trinajstić information content (AvgIpc) is 3.18. The number of hydrogen-bond acceptors (Lipinski definition) is 6. The van der Waals surface area contributed by atoms with E-state index in [-0.39, 0.29) is 22.9 Å². The van der Waals surface area contributed by atoms with Crippen LogP contribution in [0.2, 0.25) is 0 Å². The minimum absolute atomic E-state index is 0.0901. The smallest absolute Gasteiger partial charge is 0.151 e. The monoisotopic (exact) mass is 676 g/mol. The third-order valence-electron chi connectivity index (χ3n) is 9.15. The first-order chi connectivity index (χ1) is 25.4. The van der Waals surface area contributed by atoms with E-state index in [1.165, 1.54) is 12.1 Å². The zero-order valence-corrected chi connectivity index (χ0v) is 27.9. The highest BCUT2D eigenvalue weighted by Crippen LogP contribution is 2.50. The molecule has 250 valence electrons. The topological polar surface area (TPSA) is 111 Å². The van der Waals surface area contributed by atoms with Crippen LogP contribution < -0.4 is 20.9 Å². The Hall–Kier alpha value is -7.36. The van der Waals surface area contributed by atoms with Crippen molar-refractivity contribution in [2.24, 2.45) is 0 Å². The molecular weight excluding hydrogens is 645 g/mol. The molecule has 6 N–H and O–H groups in total. The lowest BCUT2D eigenvalue weighted by Gasteiger charge is -2.22. The van der Waals surface area contributed by atoms with E-state index in [2.05, 4.69) is 66.6 Å². The lowest BCUT2D eigenvalue weighted by Crippen LogP contribution is -1.98. The van der Waals surface area contributed by atoms with Gasteiger partial charge in [-0.05, 0) is 92.3 Å². The van der Waals surface area contributed by atoms with E-state index in [4.69, 9.17) is 27.4 Å². The van der Waals surface area contributed by atoms with Crippen LogP contribution in [0.25, 0.3) is 54.9 Å². The molecule has 52 heavy (non-hydrogen) atoms. The van der Waals surface area contributed by atoms with Crippen LogP contribution in [-0.4, -0.2) is 10.2 Å². The summed E-state index contributed by atoms with van der Waals surface area (Å²) in [6, 6.07) is 48.3. The van der Waals surface area contributed by atoms with Crippen molar-refractivity contribution in [3.05, 3.63) is 157 Å². The molecule has 0 aliphatic heterocycles. The molecule has 0 aliphatic rings. The Morgan fingerprint density at radius 2 is 1.02 bits per heavy atom. The van der Waals surface area contributed by atoms with Crippen LogP contribution in [0, 0.1) is 12.3 Å². The summed E-state index contributed by atoms with van der Waals surface area (Å²) in [4.78, 5) is 0. The van der Waals surface area contributed by atoms with Crippen molar-refractivity contribution < 1.29 is 19.7 Å². The molecule has 0 aliphatic carbocycles. The van der Waals surface area contributed by atoms with E-state index in [1.54, 1.807) is 24.3 Å². The Morgan fingerprint density at radius 3 is 1.58 bits per heavy atom. The van der Waals surface area contributed by atoms with Gasteiger partial charge >= 0.3 is 0 Å². The number of ether oxygens (including phenoxy) is 2. The van der Waals surface area contributed by atoms with Crippen molar-refractivity contribution in [3.63, 3.8) is 0 Å². The number of hydrogen-bond donors (Lipinski definition) is 4.